The van der Waals surface area contributed by atoms with Crippen LogP contribution in [0.15, 0.2) is 18.7 Å². The molecule has 0 saturated heterocycles. The van der Waals surface area contributed by atoms with Gasteiger partial charge in [-0.15, -0.1) is 0 Å². The molecule has 0 fully saturated rings. The van der Waals surface area contributed by atoms with Crippen molar-refractivity contribution in [1.82, 2.24) is 4.98 Å². The first-order valence-corrected chi connectivity index (χ1v) is 7.13. The number of carboxylic acids is 1. The Morgan fingerprint density at radius 1 is 1.25 bits per heavy atom. The van der Waals surface area contributed by atoms with E-state index >= 15 is 0 Å². The zero-order chi connectivity index (χ0) is 17.9. The van der Waals surface area contributed by atoms with Crippen LogP contribution < -0.4 is 19.9 Å². The molecule has 0 saturated carbocycles. The van der Waals surface area contributed by atoms with Crippen LogP contribution in [0.1, 0.15) is 21.7 Å². The molecule has 0 atom stereocenters. The Hall–Kier alpha value is -2.93. The van der Waals surface area contributed by atoms with Crippen LogP contribution in [0.2, 0.25) is 0 Å². The summed E-state index contributed by atoms with van der Waals surface area (Å²) in [4.78, 5) is 14.3. The highest BCUT2D eigenvalue weighted by molar-refractivity contribution is 5.97. The largest absolute Gasteiger partial charge is 0.493 e. The van der Waals surface area contributed by atoms with Gasteiger partial charge in [0.1, 0.15) is 5.69 Å². The number of aromatic nitrogens is 1. The Morgan fingerprint density at radius 3 is 2.38 bits per heavy atom. The summed E-state index contributed by atoms with van der Waals surface area (Å²) in [5.41, 5.74) is 8.06. The number of benzene rings is 1. The third kappa shape index (κ3) is 2.69. The Kier molecular flexibility index (Phi) is 5.15. The molecule has 0 unspecified atom stereocenters. The lowest BCUT2D eigenvalue weighted by Gasteiger charge is -2.16. The second kappa shape index (κ2) is 7.10. The number of methoxy groups -OCH3 is 3. The summed E-state index contributed by atoms with van der Waals surface area (Å²) in [6.45, 7) is 3.84. The Bertz CT molecular complexity index is 780. The van der Waals surface area contributed by atoms with E-state index in [1.54, 1.807) is 12.1 Å². The van der Waals surface area contributed by atoms with E-state index in [2.05, 4.69) is 11.6 Å². The van der Waals surface area contributed by atoms with Crippen molar-refractivity contribution < 1.29 is 24.1 Å². The van der Waals surface area contributed by atoms with Gasteiger partial charge in [0.15, 0.2) is 11.5 Å². The first-order chi connectivity index (χ1) is 11.5. The van der Waals surface area contributed by atoms with Gasteiger partial charge in [0, 0.05) is 28.9 Å². The van der Waals surface area contributed by atoms with Crippen molar-refractivity contribution in [1.29, 1.82) is 0 Å². The summed E-state index contributed by atoms with van der Waals surface area (Å²) < 4.78 is 16.2. The zero-order valence-electron chi connectivity index (χ0n) is 13.8. The maximum absolute atomic E-state index is 11.5. The van der Waals surface area contributed by atoms with E-state index in [1.165, 1.54) is 27.4 Å². The maximum Gasteiger partial charge on any atom is 0.352 e. The molecule has 0 spiro atoms. The summed E-state index contributed by atoms with van der Waals surface area (Å²) >= 11 is 0. The molecular weight excluding hydrogens is 312 g/mol. The number of ether oxygens (including phenoxy) is 3. The molecule has 0 radical (unpaired) electrons. The number of carbonyl (C=O) groups is 1. The Labute approximate surface area is 139 Å². The molecule has 1 heterocycles. The van der Waals surface area contributed by atoms with E-state index in [4.69, 9.17) is 19.9 Å². The van der Waals surface area contributed by atoms with Crippen molar-refractivity contribution in [2.75, 3.05) is 21.3 Å². The van der Waals surface area contributed by atoms with Gasteiger partial charge >= 0.3 is 5.97 Å². The summed E-state index contributed by atoms with van der Waals surface area (Å²) in [6.07, 6.45) is 1.48. The molecule has 7 heteroatoms. The Morgan fingerprint density at radius 2 is 1.92 bits per heavy atom. The van der Waals surface area contributed by atoms with Gasteiger partial charge in [-0.05, 0) is 12.1 Å². The van der Waals surface area contributed by atoms with Gasteiger partial charge in [0.25, 0.3) is 0 Å². The molecule has 7 nitrogen and oxygen atoms in total. The van der Waals surface area contributed by atoms with Gasteiger partial charge in [0.05, 0.1) is 21.3 Å². The first-order valence-electron chi connectivity index (χ1n) is 7.13. The van der Waals surface area contributed by atoms with Gasteiger partial charge in [-0.1, -0.05) is 12.7 Å². The molecule has 0 bridgehead atoms. The molecule has 0 aliphatic heterocycles. The third-order valence-corrected chi connectivity index (χ3v) is 3.71. The minimum absolute atomic E-state index is 0.0253. The highest BCUT2D eigenvalue weighted by atomic mass is 16.5. The van der Waals surface area contributed by atoms with Crippen molar-refractivity contribution in [3.05, 3.63) is 35.7 Å². The van der Waals surface area contributed by atoms with E-state index in [1.807, 2.05) is 0 Å². The van der Waals surface area contributed by atoms with Gasteiger partial charge in [-0.3, -0.25) is 0 Å². The lowest BCUT2D eigenvalue weighted by molar-refractivity contribution is 0.0691. The van der Waals surface area contributed by atoms with Crippen LogP contribution in [0.25, 0.3) is 17.2 Å². The molecule has 1 aromatic carbocycles. The summed E-state index contributed by atoms with van der Waals surface area (Å²) in [5.74, 6) is 0.242. The van der Waals surface area contributed by atoms with Crippen molar-refractivity contribution in [3.8, 4) is 28.4 Å². The molecular formula is C17H20N2O5. The SMILES string of the molecule is C=Cc1c(C(=O)O)[nH]c(CN)c1-c1ccc(OC)c(OC)c1OC. The van der Waals surface area contributed by atoms with Crippen molar-refractivity contribution in [3.63, 3.8) is 0 Å². The molecule has 0 amide bonds. The smallest absolute Gasteiger partial charge is 0.352 e. The van der Waals surface area contributed by atoms with Crippen LogP contribution in [0.5, 0.6) is 17.2 Å². The third-order valence-electron chi connectivity index (χ3n) is 3.71. The number of H-pyrrole nitrogens is 1. The average Bonchev–Trinajstić information content (AvgIpc) is 2.98. The quantitative estimate of drug-likeness (QED) is 0.719. The zero-order valence-corrected chi connectivity index (χ0v) is 13.8. The predicted molar refractivity (Wildman–Crippen MR) is 90.8 cm³/mol. The second-order valence-corrected chi connectivity index (χ2v) is 4.86. The number of nitrogens with one attached hydrogen (secondary N) is 1. The minimum atomic E-state index is -1.09. The molecule has 2 aromatic rings. The maximum atomic E-state index is 11.5. The lowest BCUT2D eigenvalue weighted by atomic mass is 9.98. The Balaban J connectivity index is 2.86. The van der Waals surface area contributed by atoms with E-state index in [0.29, 0.717) is 39.6 Å². The van der Waals surface area contributed by atoms with Gasteiger partial charge in [0.2, 0.25) is 5.75 Å². The second-order valence-electron chi connectivity index (χ2n) is 4.86. The van der Waals surface area contributed by atoms with E-state index < -0.39 is 5.97 Å². The number of aromatic amines is 1. The number of hydrogen-bond donors (Lipinski definition) is 3. The topological polar surface area (TPSA) is 107 Å². The molecule has 4 N–H and O–H groups in total. The predicted octanol–water partition coefficient (Wildman–Crippen LogP) is 2.51. The summed E-state index contributed by atoms with van der Waals surface area (Å²) in [6, 6.07) is 3.48. The number of carboxylic acid groups (broad SMARTS) is 1. The average molecular weight is 332 g/mol. The van der Waals surface area contributed by atoms with Crippen LogP contribution in [0.4, 0.5) is 0 Å². The highest BCUT2D eigenvalue weighted by Crippen LogP contribution is 2.46. The number of rotatable bonds is 7. The first kappa shape index (κ1) is 17.4. The summed E-state index contributed by atoms with van der Waals surface area (Å²) in [7, 11) is 4.53. The van der Waals surface area contributed by atoms with Crippen LogP contribution in [0.3, 0.4) is 0 Å². The number of aromatic carboxylic acids is 1. The van der Waals surface area contributed by atoms with Crippen LogP contribution >= 0.6 is 0 Å². The van der Waals surface area contributed by atoms with Crippen LogP contribution in [0, 0.1) is 0 Å². The standard InChI is InChI=1S/C17H20N2O5/c1-5-9-13(11(8-18)19-14(9)17(20)21)10-6-7-12(22-2)16(24-4)15(10)23-3/h5-7,19H,1,8,18H2,2-4H3,(H,20,21). The normalized spacial score (nSPS) is 10.3. The van der Waals surface area contributed by atoms with Crippen LogP contribution in [-0.2, 0) is 6.54 Å². The minimum Gasteiger partial charge on any atom is -0.493 e. The summed E-state index contributed by atoms with van der Waals surface area (Å²) in [5, 5.41) is 9.39. The van der Waals surface area contributed by atoms with Gasteiger partial charge in [-0.25, -0.2) is 4.79 Å². The molecule has 128 valence electrons. The van der Waals surface area contributed by atoms with E-state index in [-0.39, 0.29) is 12.2 Å². The monoisotopic (exact) mass is 332 g/mol. The van der Waals surface area contributed by atoms with Gasteiger partial charge < -0.3 is 30.0 Å². The van der Waals surface area contributed by atoms with Crippen LogP contribution in [-0.4, -0.2) is 37.4 Å². The number of hydrogen-bond acceptors (Lipinski definition) is 5. The molecule has 24 heavy (non-hydrogen) atoms. The highest BCUT2D eigenvalue weighted by Gasteiger charge is 2.25. The fourth-order valence-corrected chi connectivity index (χ4v) is 2.70. The van der Waals surface area contributed by atoms with Crippen molar-refractivity contribution in [2.45, 2.75) is 6.54 Å². The van der Waals surface area contributed by atoms with E-state index in [0.717, 1.165) is 0 Å². The van der Waals surface area contributed by atoms with Crippen molar-refractivity contribution >= 4 is 12.0 Å². The fourth-order valence-electron chi connectivity index (χ4n) is 2.70. The molecule has 0 aliphatic carbocycles. The molecule has 2 rings (SSSR count). The van der Waals surface area contributed by atoms with Gasteiger partial charge in [-0.2, -0.15) is 0 Å². The van der Waals surface area contributed by atoms with Crippen molar-refractivity contribution in [2.24, 2.45) is 5.73 Å². The lowest BCUT2D eigenvalue weighted by Crippen LogP contribution is -2.01. The molecule has 1 aromatic heterocycles. The molecule has 0 aliphatic rings. The number of nitrogens with two attached hydrogens (primary N) is 1. The fraction of sp³-hybridized carbons (Fsp3) is 0.235. The van der Waals surface area contributed by atoms with E-state index in [9.17, 15) is 9.90 Å².